The van der Waals surface area contributed by atoms with Crippen LogP contribution in [0.4, 0.5) is 0 Å². The van der Waals surface area contributed by atoms with Crippen molar-refractivity contribution in [3.8, 4) is 0 Å². The average molecular weight is 208 g/mol. The molecule has 2 aliphatic rings. The first-order chi connectivity index (χ1) is 6.80. The molecule has 1 aromatic rings. The third kappa shape index (κ3) is 1.27. The van der Waals surface area contributed by atoms with Gasteiger partial charge < -0.3 is 5.32 Å². The Bertz CT molecular complexity index is 355. The highest BCUT2D eigenvalue weighted by molar-refractivity contribution is 6.30. The molecule has 2 heteroatoms. The van der Waals surface area contributed by atoms with Gasteiger partial charge in [-0.15, -0.1) is 0 Å². The first-order valence-corrected chi connectivity index (χ1v) is 5.64. The van der Waals surface area contributed by atoms with Gasteiger partial charge in [-0.25, -0.2) is 0 Å². The molecule has 1 aliphatic carbocycles. The van der Waals surface area contributed by atoms with Crippen molar-refractivity contribution in [2.75, 3.05) is 13.1 Å². The molecule has 1 aromatic carbocycles. The Hall–Kier alpha value is -0.530. The van der Waals surface area contributed by atoms with Crippen molar-refractivity contribution in [3.63, 3.8) is 0 Å². The summed E-state index contributed by atoms with van der Waals surface area (Å²) in [5, 5.41) is 4.33. The fraction of sp³-hybridized carbons (Fsp3) is 0.500. The summed E-state index contributed by atoms with van der Waals surface area (Å²) in [6.07, 6.45) is 2.69. The van der Waals surface area contributed by atoms with E-state index in [2.05, 4.69) is 23.5 Å². The molecule has 1 saturated heterocycles. The Labute approximate surface area is 89.5 Å². The van der Waals surface area contributed by atoms with Crippen molar-refractivity contribution in [2.24, 2.45) is 5.41 Å². The van der Waals surface area contributed by atoms with Gasteiger partial charge in [0.1, 0.15) is 0 Å². The number of hydrogen-bond acceptors (Lipinski definition) is 1. The monoisotopic (exact) mass is 207 g/mol. The van der Waals surface area contributed by atoms with E-state index >= 15 is 0 Å². The highest BCUT2D eigenvalue weighted by atomic mass is 35.5. The molecule has 1 N–H and O–H groups in total. The van der Waals surface area contributed by atoms with Crippen LogP contribution in [0, 0.1) is 5.41 Å². The summed E-state index contributed by atoms with van der Waals surface area (Å²) in [6.45, 7) is 2.39. The summed E-state index contributed by atoms with van der Waals surface area (Å²) in [7, 11) is 0. The number of nitrogens with one attached hydrogen (secondary N) is 1. The lowest BCUT2D eigenvalue weighted by Crippen LogP contribution is -2.10. The van der Waals surface area contributed by atoms with Crippen LogP contribution < -0.4 is 5.32 Å². The molecular formula is C12H14ClN. The van der Waals surface area contributed by atoms with Crippen molar-refractivity contribution in [1.82, 2.24) is 5.32 Å². The quantitative estimate of drug-likeness (QED) is 0.747. The lowest BCUT2D eigenvalue weighted by molar-refractivity contribution is 0.549. The van der Waals surface area contributed by atoms with E-state index in [0.29, 0.717) is 5.41 Å². The predicted molar refractivity (Wildman–Crippen MR) is 58.7 cm³/mol. The second-order valence-corrected chi connectivity index (χ2v) is 5.04. The van der Waals surface area contributed by atoms with Crippen LogP contribution in [0.15, 0.2) is 24.3 Å². The second kappa shape index (κ2) is 2.98. The molecular weight excluding hydrogens is 194 g/mol. The maximum atomic E-state index is 6.00. The van der Waals surface area contributed by atoms with Gasteiger partial charge >= 0.3 is 0 Å². The topological polar surface area (TPSA) is 12.0 Å². The van der Waals surface area contributed by atoms with Gasteiger partial charge in [-0.05, 0) is 48.4 Å². The predicted octanol–water partition coefficient (Wildman–Crippen LogP) is 2.81. The zero-order valence-electron chi connectivity index (χ0n) is 8.09. The molecule has 1 spiro atoms. The molecule has 14 heavy (non-hydrogen) atoms. The minimum atomic E-state index is 0.588. The van der Waals surface area contributed by atoms with Gasteiger partial charge in [0.05, 0.1) is 0 Å². The maximum absolute atomic E-state index is 6.00. The summed E-state index contributed by atoms with van der Waals surface area (Å²) in [5.41, 5.74) is 2.02. The Kier molecular flexibility index (Phi) is 1.86. The van der Waals surface area contributed by atoms with E-state index in [1.807, 2.05) is 6.07 Å². The van der Waals surface area contributed by atoms with Crippen molar-refractivity contribution in [1.29, 1.82) is 0 Å². The third-order valence-corrected chi connectivity index (χ3v) is 3.95. The molecule has 0 aromatic heterocycles. The molecule has 2 unspecified atom stereocenters. The van der Waals surface area contributed by atoms with Crippen LogP contribution in [-0.4, -0.2) is 13.1 Å². The zero-order valence-corrected chi connectivity index (χ0v) is 8.85. The first-order valence-electron chi connectivity index (χ1n) is 5.26. The molecule has 2 fully saturated rings. The molecule has 74 valence electrons. The van der Waals surface area contributed by atoms with Gasteiger partial charge in [-0.3, -0.25) is 0 Å². The van der Waals surface area contributed by atoms with Crippen LogP contribution in [0.1, 0.15) is 24.3 Å². The van der Waals surface area contributed by atoms with E-state index in [1.165, 1.54) is 31.5 Å². The fourth-order valence-corrected chi connectivity index (χ4v) is 2.98. The standard InChI is InChI=1S/C12H14ClN/c13-10-3-1-2-9(6-10)11-7-12(11)4-5-14-8-12/h1-3,6,11,14H,4-5,7-8H2. The van der Waals surface area contributed by atoms with Gasteiger partial charge in [0, 0.05) is 11.6 Å². The Morgan fingerprint density at radius 2 is 2.36 bits per heavy atom. The minimum Gasteiger partial charge on any atom is -0.316 e. The van der Waals surface area contributed by atoms with E-state index in [-0.39, 0.29) is 0 Å². The molecule has 0 radical (unpaired) electrons. The molecule has 1 heterocycles. The van der Waals surface area contributed by atoms with E-state index in [0.717, 1.165) is 10.9 Å². The number of halogens is 1. The van der Waals surface area contributed by atoms with Crippen LogP contribution in [0.5, 0.6) is 0 Å². The molecule has 1 aliphatic heterocycles. The van der Waals surface area contributed by atoms with Gasteiger partial charge in [0.2, 0.25) is 0 Å². The number of rotatable bonds is 1. The summed E-state index contributed by atoms with van der Waals surface area (Å²) in [6, 6.07) is 8.35. The maximum Gasteiger partial charge on any atom is 0.0408 e. The fourth-order valence-electron chi connectivity index (χ4n) is 2.78. The highest BCUT2D eigenvalue weighted by Crippen LogP contribution is 2.62. The summed E-state index contributed by atoms with van der Waals surface area (Å²) in [5.74, 6) is 0.760. The Balaban J connectivity index is 1.85. The van der Waals surface area contributed by atoms with Crippen molar-refractivity contribution in [2.45, 2.75) is 18.8 Å². The van der Waals surface area contributed by atoms with Gasteiger partial charge in [-0.2, -0.15) is 0 Å². The van der Waals surface area contributed by atoms with Gasteiger partial charge in [-0.1, -0.05) is 23.7 Å². The second-order valence-electron chi connectivity index (χ2n) is 4.60. The van der Waals surface area contributed by atoms with Gasteiger partial charge in [0.15, 0.2) is 0 Å². The van der Waals surface area contributed by atoms with Crippen LogP contribution in [0.3, 0.4) is 0 Å². The highest BCUT2D eigenvalue weighted by Gasteiger charge is 2.55. The molecule has 3 rings (SSSR count). The summed E-state index contributed by atoms with van der Waals surface area (Å²) in [4.78, 5) is 0. The first kappa shape index (κ1) is 8.75. The summed E-state index contributed by atoms with van der Waals surface area (Å²) >= 11 is 6.00. The molecule has 1 nitrogen and oxygen atoms in total. The Morgan fingerprint density at radius 1 is 1.43 bits per heavy atom. The van der Waals surface area contributed by atoms with E-state index in [4.69, 9.17) is 11.6 Å². The molecule has 1 saturated carbocycles. The molecule has 0 bridgehead atoms. The normalized spacial score (nSPS) is 35.1. The van der Waals surface area contributed by atoms with Crippen molar-refractivity contribution in [3.05, 3.63) is 34.9 Å². The molecule has 0 amide bonds. The number of benzene rings is 1. The van der Waals surface area contributed by atoms with E-state index in [9.17, 15) is 0 Å². The van der Waals surface area contributed by atoms with Crippen LogP contribution in [0.2, 0.25) is 5.02 Å². The lowest BCUT2D eigenvalue weighted by Gasteiger charge is -2.07. The zero-order chi connectivity index (χ0) is 9.60. The largest absolute Gasteiger partial charge is 0.316 e. The van der Waals surface area contributed by atoms with Crippen LogP contribution >= 0.6 is 11.6 Å². The average Bonchev–Trinajstić information content (AvgIpc) is 2.65. The van der Waals surface area contributed by atoms with Crippen molar-refractivity contribution < 1.29 is 0 Å². The minimum absolute atomic E-state index is 0.588. The van der Waals surface area contributed by atoms with Crippen molar-refractivity contribution >= 4 is 11.6 Å². The lowest BCUT2D eigenvalue weighted by atomic mass is 9.98. The van der Waals surface area contributed by atoms with E-state index < -0.39 is 0 Å². The summed E-state index contributed by atoms with van der Waals surface area (Å²) < 4.78 is 0. The molecule has 2 atom stereocenters. The third-order valence-electron chi connectivity index (χ3n) is 3.72. The van der Waals surface area contributed by atoms with Crippen LogP contribution in [0.25, 0.3) is 0 Å². The Morgan fingerprint density at radius 3 is 3.07 bits per heavy atom. The van der Waals surface area contributed by atoms with Gasteiger partial charge in [0.25, 0.3) is 0 Å². The van der Waals surface area contributed by atoms with Crippen LogP contribution in [-0.2, 0) is 0 Å². The SMILES string of the molecule is Clc1cccc(C2CC23CCNC3)c1. The number of hydrogen-bond donors (Lipinski definition) is 1. The van der Waals surface area contributed by atoms with E-state index in [1.54, 1.807) is 0 Å². The smallest absolute Gasteiger partial charge is 0.0408 e.